The number of aliphatic imine (C=N–C) groups is 1. The summed E-state index contributed by atoms with van der Waals surface area (Å²) in [5.41, 5.74) is 0.406. The highest BCUT2D eigenvalue weighted by Gasteiger charge is 2.39. The maximum Gasteiger partial charge on any atom is 0.157 e. The van der Waals surface area contributed by atoms with Crippen molar-refractivity contribution in [1.82, 2.24) is 5.32 Å². The Morgan fingerprint density at radius 1 is 1.40 bits per heavy atom. The molecule has 2 saturated heterocycles. The fraction of sp³-hybridized carbons (Fsp3) is 0.909. The Hall–Kier alpha value is -0.220. The molecular weight excluding hydrogens is 208 g/mol. The third-order valence-electron chi connectivity index (χ3n) is 3.62. The van der Waals surface area contributed by atoms with Gasteiger partial charge in [0, 0.05) is 17.9 Å². The van der Waals surface area contributed by atoms with Gasteiger partial charge in [0.1, 0.15) is 0 Å². The number of nitrogens with zero attached hydrogens (tertiary/aromatic N) is 1. The van der Waals surface area contributed by atoms with Gasteiger partial charge in [-0.25, -0.2) is 0 Å². The van der Waals surface area contributed by atoms with Crippen LogP contribution in [0.15, 0.2) is 4.99 Å². The summed E-state index contributed by atoms with van der Waals surface area (Å²) in [4.78, 5) is 4.74. The normalized spacial score (nSPS) is 36.5. The highest BCUT2D eigenvalue weighted by atomic mass is 32.2. The van der Waals surface area contributed by atoms with Crippen molar-refractivity contribution in [3.8, 4) is 0 Å². The van der Waals surface area contributed by atoms with Gasteiger partial charge in [0.15, 0.2) is 5.17 Å². The van der Waals surface area contributed by atoms with Crippen molar-refractivity contribution < 1.29 is 4.74 Å². The van der Waals surface area contributed by atoms with E-state index in [9.17, 15) is 0 Å². The molecule has 0 amide bonds. The first kappa shape index (κ1) is 9.97. The van der Waals surface area contributed by atoms with Gasteiger partial charge in [-0.1, -0.05) is 24.6 Å². The van der Waals surface area contributed by atoms with Crippen LogP contribution in [0.2, 0.25) is 0 Å². The van der Waals surface area contributed by atoms with Crippen molar-refractivity contribution in [1.29, 1.82) is 0 Å². The van der Waals surface area contributed by atoms with Crippen LogP contribution < -0.4 is 5.32 Å². The quantitative estimate of drug-likeness (QED) is 0.740. The zero-order valence-electron chi connectivity index (χ0n) is 9.00. The van der Waals surface area contributed by atoms with Gasteiger partial charge in [0.2, 0.25) is 0 Å². The SMILES string of the molecule is C1CCC2(C1)CSC(=NC1CCOC1)N2. The number of nitrogens with one attached hydrogen (secondary N) is 1. The Kier molecular flexibility index (Phi) is 2.64. The van der Waals surface area contributed by atoms with Crippen molar-refractivity contribution in [2.75, 3.05) is 19.0 Å². The van der Waals surface area contributed by atoms with E-state index < -0.39 is 0 Å². The first-order valence-corrected chi connectivity index (χ1v) is 6.91. The molecule has 3 aliphatic rings. The third-order valence-corrected chi connectivity index (χ3v) is 4.80. The summed E-state index contributed by atoms with van der Waals surface area (Å²) in [5.74, 6) is 1.22. The number of rotatable bonds is 1. The molecule has 0 aromatic heterocycles. The molecule has 0 aromatic rings. The lowest BCUT2D eigenvalue weighted by Gasteiger charge is -2.21. The Labute approximate surface area is 95.1 Å². The van der Waals surface area contributed by atoms with Crippen LogP contribution in [0.5, 0.6) is 0 Å². The predicted molar refractivity (Wildman–Crippen MR) is 63.5 cm³/mol. The summed E-state index contributed by atoms with van der Waals surface area (Å²) in [7, 11) is 0. The molecule has 0 bridgehead atoms. The topological polar surface area (TPSA) is 33.6 Å². The average molecular weight is 226 g/mol. The van der Waals surface area contributed by atoms with Gasteiger partial charge >= 0.3 is 0 Å². The summed E-state index contributed by atoms with van der Waals surface area (Å²) in [6.07, 6.45) is 6.53. The lowest BCUT2D eigenvalue weighted by Crippen LogP contribution is -2.41. The maximum absolute atomic E-state index is 5.34. The molecule has 2 aliphatic heterocycles. The van der Waals surface area contributed by atoms with Crippen LogP contribution >= 0.6 is 11.8 Å². The number of hydrogen-bond donors (Lipinski definition) is 1. The van der Waals surface area contributed by atoms with Crippen LogP contribution in [0.1, 0.15) is 32.1 Å². The molecule has 0 radical (unpaired) electrons. The fourth-order valence-electron chi connectivity index (χ4n) is 2.69. The standard InChI is InChI=1S/C11H18N2OS/c1-2-5-11(4-1)8-15-10(13-11)12-9-3-6-14-7-9/h9H,1-8H2,(H,12,13). The van der Waals surface area contributed by atoms with Crippen LogP contribution in [-0.4, -0.2) is 35.7 Å². The van der Waals surface area contributed by atoms with Crippen molar-refractivity contribution >= 4 is 16.9 Å². The van der Waals surface area contributed by atoms with Crippen LogP contribution in [0.4, 0.5) is 0 Å². The predicted octanol–water partition coefficient (Wildman–Crippen LogP) is 1.78. The van der Waals surface area contributed by atoms with E-state index in [0.29, 0.717) is 11.6 Å². The first-order chi connectivity index (χ1) is 7.36. The number of ether oxygens (including phenoxy) is 1. The molecule has 2 heterocycles. The van der Waals surface area contributed by atoms with E-state index in [1.54, 1.807) is 0 Å². The molecule has 1 aliphatic carbocycles. The summed E-state index contributed by atoms with van der Waals surface area (Å²) < 4.78 is 5.34. The zero-order chi connectivity index (χ0) is 10.1. The van der Waals surface area contributed by atoms with Crippen LogP contribution in [0, 0.1) is 0 Å². The van der Waals surface area contributed by atoms with Crippen molar-refractivity contribution in [3.05, 3.63) is 0 Å². The molecule has 1 spiro atoms. The molecule has 4 heteroatoms. The summed E-state index contributed by atoms with van der Waals surface area (Å²) >= 11 is 1.91. The van der Waals surface area contributed by atoms with Gasteiger partial charge in [-0.05, 0) is 19.3 Å². The van der Waals surface area contributed by atoms with Gasteiger partial charge in [-0.15, -0.1) is 0 Å². The molecule has 84 valence electrons. The van der Waals surface area contributed by atoms with Gasteiger partial charge in [0.25, 0.3) is 0 Å². The van der Waals surface area contributed by atoms with E-state index in [0.717, 1.165) is 19.6 Å². The largest absolute Gasteiger partial charge is 0.379 e. The fourth-order valence-corrected chi connectivity index (χ4v) is 3.97. The summed E-state index contributed by atoms with van der Waals surface area (Å²) in [5, 5.41) is 4.82. The Morgan fingerprint density at radius 2 is 2.27 bits per heavy atom. The van der Waals surface area contributed by atoms with Crippen molar-refractivity contribution in [2.45, 2.75) is 43.7 Å². The van der Waals surface area contributed by atoms with Gasteiger partial charge in [0.05, 0.1) is 12.6 Å². The van der Waals surface area contributed by atoms with Gasteiger partial charge < -0.3 is 10.1 Å². The molecule has 15 heavy (non-hydrogen) atoms. The first-order valence-electron chi connectivity index (χ1n) is 5.93. The lowest BCUT2D eigenvalue weighted by atomic mass is 10.0. The minimum Gasteiger partial charge on any atom is -0.379 e. The van der Waals surface area contributed by atoms with E-state index in [1.165, 1.54) is 36.6 Å². The highest BCUT2D eigenvalue weighted by Crippen LogP contribution is 2.37. The monoisotopic (exact) mass is 226 g/mol. The lowest BCUT2D eigenvalue weighted by molar-refractivity contribution is 0.194. The molecular formula is C11H18N2OS. The molecule has 3 rings (SSSR count). The second kappa shape index (κ2) is 3.98. The number of amidine groups is 1. The van der Waals surface area contributed by atoms with E-state index in [-0.39, 0.29) is 0 Å². The van der Waals surface area contributed by atoms with E-state index in [1.807, 2.05) is 11.8 Å². The maximum atomic E-state index is 5.34. The van der Waals surface area contributed by atoms with Crippen LogP contribution in [-0.2, 0) is 4.74 Å². The molecule has 1 atom stereocenters. The molecule has 3 nitrogen and oxygen atoms in total. The molecule has 1 N–H and O–H groups in total. The molecule has 1 unspecified atom stereocenters. The average Bonchev–Trinajstić information content (AvgIpc) is 2.92. The minimum absolute atomic E-state index is 0.406. The minimum atomic E-state index is 0.406. The van der Waals surface area contributed by atoms with Gasteiger partial charge in [-0.2, -0.15) is 0 Å². The zero-order valence-corrected chi connectivity index (χ0v) is 9.81. The second-order valence-electron chi connectivity index (χ2n) is 4.85. The van der Waals surface area contributed by atoms with Crippen LogP contribution in [0.3, 0.4) is 0 Å². The van der Waals surface area contributed by atoms with E-state index in [2.05, 4.69) is 5.32 Å². The summed E-state index contributed by atoms with van der Waals surface area (Å²) in [6.45, 7) is 1.70. The van der Waals surface area contributed by atoms with Crippen molar-refractivity contribution in [2.24, 2.45) is 4.99 Å². The van der Waals surface area contributed by atoms with Crippen molar-refractivity contribution in [3.63, 3.8) is 0 Å². The Morgan fingerprint density at radius 3 is 3.00 bits per heavy atom. The van der Waals surface area contributed by atoms with E-state index in [4.69, 9.17) is 9.73 Å². The third kappa shape index (κ3) is 2.02. The molecule has 1 saturated carbocycles. The Balaban J connectivity index is 1.64. The number of hydrogen-bond acceptors (Lipinski definition) is 3. The van der Waals surface area contributed by atoms with E-state index >= 15 is 0 Å². The summed E-state index contributed by atoms with van der Waals surface area (Å²) in [6, 6.07) is 0.413. The Bertz CT molecular complexity index is 268. The molecule has 0 aromatic carbocycles. The van der Waals surface area contributed by atoms with Crippen LogP contribution in [0.25, 0.3) is 0 Å². The smallest absolute Gasteiger partial charge is 0.157 e. The molecule has 3 fully saturated rings. The highest BCUT2D eigenvalue weighted by molar-refractivity contribution is 8.14. The number of thioether (sulfide) groups is 1. The van der Waals surface area contributed by atoms with Gasteiger partial charge in [-0.3, -0.25) is 4.99 Å². The second-order valence-corrected chi connectivity index (χ2v) is 5.82.